The zero-order valence-electron chi connectivity index (χ0n) is 8.96. The smallest absolute Gasteiger partial charge is 0.303 e. The third-order valence-corrected chi connectivity index (χ3v) is 5.24. The van der Waals surface area contributed by atoms with Gasteiger partial charge in [0.05, 0.1) is 10.1 Å². The first-order valence-electron chi connectivity index (χ1n) is 5.19. The first kappa shape index (κ1) is 11.9. The van der Waals surface area contributed by atoms with E-state index in [0.717, 1.165) is 0 Å². The van der Waals surface area contributed by atoms with Crippen molar-refractivity contribution in [3.63, 3.8) is 0 Å². The summed E-state index contributed by atoms with van der Waals surface area (Å²) in [5.41, 5.74) is 0.405. The Morgan fingerprint density at radius 3 is 2.71 bits per heavy atom. The Morgan fingerprint density at radius 1 is 1.41 bits per heavy atom. The normalized spacial score (nSPS) is 21.1. The van der Waals surface area contributed by atoms with Crippen LogP contribution in [-0.2, 0) is 21.1 Å². The zero-order chi connectivity index (χ0) is 12.6. The fourth-order valence-electron chi connectivity index (χ4n) is 2.08. The van der Waals surface area contributed by atoms with Crippen LogP contribution in [0.4, 0.5) is 0 Å². The Labute approximate surface area is 98.6 Å². The summed E-state index contributed by atoms with van der Waals surface area (Å²) in [5, 5.41) is 17.4. The molecule has 0 amide bonds. The van der Waals surface area contributed by atoms with Crippen LogP contribution in [-0.4, -0.2) is 29.9 Å². The summed E-state index contributed by atoms with van der Waals surface area (Å²) in [6.07, 6.45) is 0.0854. The second-order valence-corrected chi connectivity index (χ2v) is 6.25. The molecule has 1 aromatic rings. The standard InChI is InChI=1S/C11H12O5S/c12-9-2-1-3-10-8(9)6-7(17(10,15)16)4-5-11(13)14/h1-3,7,12H,4-6H2,(H,13,14). The largest absolute Gasteiger partial charge is 0.508 e. The van der Waals surface area contributed by atoms with E-state index in [2.05, 4.69) is 0 Å². The fraction of sp³-hybridized carbons (Fsp3) is 0.364. The summed E-state index contributed by atoms with van der Waals surface area (Å²) in [6.45, 7) is 0. The number of phenols is 1. The van der Waals surface area contributed by atoms with E-state index in [9.17, 15) is 18.3 Å². The second-order valence-electron chi connectivity index (χ2n) is 4.06. The van der Waals surface area contributed by atoms with Gasteiger partial charge in [-0.1, -0.05) is 6.07 Å². The molecule has 0 saturated heterocycles. The van der Waals surface area contributed by atoms with Crippen LogP contribution >= 0.6 is 0 Å². The lowest BCUT2D eigenvalue weighted by atomic mass is 10.1. The Balaban J connectivity index is 2.34. The highest BCUT2D eigenvalue weighted by Gasteiger charge is 2.38. The van der Waals surface area contributed by atoms with Crippen LogP contribution in [0.3, 0.4) is 0 Å². The summed E-state index contributed by atoms with van der Waals surface area (Å²) in [4.78, 5) is 10.6. The fourth-order valence-corrected chi connectivity index (χ4v) is 4.06. The molecule has 1 aromatic carbocycles. The summed E-state index contributed by atoms with van der Waals surface area (Å²) < 4.78 is 24.1. The van der Waals surface area contributed by atoms with Gasteiger partial charge >= 0.3 is 5.97 Å². The minimum absolute atomic E-state index is 0.0381. The Kier molecular flexibility index (Phi) is 2.82. The topological polar surface area (TPSA) is 91.7 Å². The van der Waals surface area contributed by atoms with Gasteiger partial charge in [-0.2, -0.15) is 0 Å². The minimum atomic E-state index is -3.49. The Hall–Kier alpha value is -1.56. The van der Waals surface area contributed by atoms with Gasteiger partial charge in [-0.05, 0) is 25.0 Å². The summed E-state index contributed by atoms with van der Waals surface area (Å²) in [6, 6.07) is 4.37. The van der Waals surface area contributed by atoms with E-state index in [4.69, 9.17) is 5.11 Å². The number of carboxylic acids is 1. The second kappa shape index (κ2) is 4.03. The molecule has 1 aliphatic heterocycles. The van der Waals surface area contributed by atoms with Crippen molar-refractivity contribution in [1.82, 2.24) is 0 Å². The number of aliphatic carboxylic acids is 1. The quantitative estimate of drug-likeness (QED) is 0.840. The van der Waals surface area contributed by atoms with Crippen LogP contribution in [0.2, 0.25) is 0 Å². The third kappa shape index (κ3) is 2.00. The van der Waals surface area contributed by atoms with Gasteiger partial charge in [-0.3, -0.25) is 4.79 Å². The molecule has 5 nitrogen and oxygen atoms in total. The molecule has 1 heterocycles. The van der Waals surface area contributed by atoms with Crippen molar-refractivity contribution in [2.24, 2.45) is 0 Å². The van der Waals surface area contributed by atoms with E-state index in [-0.39, 0.29) is 29.9 Å². The molecule has 92 valence electrons. The van der Waals surface area contributed by atoms with Gasteiger partial charge in [0, 0.05) is 12.0 Å². The molecule has 0 bridgehead atoms. The summed E-state index contributed by atoms with van der Waals surface area (Å²) in [7, 11) is -3.49. The molecule has 2 rings (SSSR count). The van der Waals surface area contributed by atoms with Crippen LogP contribution < -0.4 is 0 Å². The van der Waals surface area contributed by atoms with E-state index in [1.54, 1.807) is 0 Å². The van der Waals surface area contributed by atoms with Crippen LogP contribution in [0.15, 0.2) is 23.1 Å². The molecule has 0 saturated carbocycles. The number of carbonyl (C=O) groups is 1. The molecule has 6 heteroatoms. The van der Waals surface area contributed by atoms with Crippen molar-refractivity contribution in [2.45, 2.75) is 29.4 Å². The highest BCUT2D eigenvalue weighted by molar-refractivity contribution is 7.92. The first-order chi connectivity index (χ1) is 7.93. The SMILES string of the molecule is O=C(O)CCC1Cc2c(O)cccc2S1(=O)=O. The van der Waals surface area contributed by atoms with Crippen molar-refractivity contribution >= 4 is 15.8 Å². The lowest BCUT2D eigenvalue weighted by Gasteiger charge is -2.06. The van der Waals surface area contributed by atoms with Crippen molar-refractivity contribution in [2.75, 3.05) is 0 Å². The molecule has 17 heavy (non-hydrogen) atoms. The maximum Gasteiger partial charge on any atom is 0.303 e. The molecule has 1 aliphatic rings. The van der Waals surface area contributed by atoms with Gasteiger partial charge in [0.15, 0.2) is 9.84 Å². The molecule has 0 aliphatic carbocycles. The predicted molar refractivity (Wildman–Crippen MR) is 59.7 cm³/mol. The third-order valence-electron chi connectivity index (χ3n) is 2.97. The van der Waals surface area contributed by atoms with Crippen molar-refractivity contribution in [1.29, 1.82) is 0 Å². The van der Waals surface area contributed by atoms with Crippen LogP contribution in [0.1, 0.15) is 18.4 Å². The van der Waals surface area contributed by atoms with E-state index in [0.29, 0.717) is 5.56 Å². The van der Waals surface area contributed by atoms with Crippen LogP contribution in [0.5, 0.6) is 5.75 Å². The van der Waals surface area contributed by atoms with Gasteiger partial charge in [0.1, 0.15) is 5.75 Å². The molecule has 1 atom stereocenters. The Morgan fingerprint density at radius 2 is 2.12 bits per heavy atom. The number of aromatic hydroxyl groups is 1. The summed E-state index contributed by atoms with van der Waals surface area (Å²) in [5.74, 6) is -1.05. The molecular formula is C11H12O5S. The Bertz CT molecular complexity index is 561. The predicted octanol–water partition coefficient (Wildman–Crippen LogP) is 0.955. The maximum atomic E-state index is 12.0. The first-order valence-corrected chi connectivity index (χ1v) is 6.74. The van der Waals surface area contributed by atoms with Crippen molar-refractivity contribution in [3.8, 4) is 5.75 Å². The monoisotopic (exact) mass is 256 g/mol. The summed E-state index contributed by atoms with van der Waals surface area (Å²) >= 11 is 0. The van der Waals surface area contributed by atoms with E-state index < -0.39 is 21.1 Å². The van der Waals surface area contributed by atoms with Crippen molar-refractivity contribution in [3.05, 3.63) is 23.8 Å². The number of benzene rings is 1. The number of rotatable bonds is 3. The lowest BCUT2D eigenvalue weighted by Crippen LogP contribution is -2.18. The number of phenolic OH excluding ortho intramolecular Hbond substituents is 1. The van der Waals surface area contributed by atoms with Gasteiger partial charge in [0.25, 0.3) is 0 Å². The number of hydrogen-bond donors (Lipinski definition) is 2. The van der Waals surface area contributed by atoms with Gasteiger partial charge in [-0.15, -0.1) is 0 Å². The van der Waals surface area contributed by atoms with E-state index >= 15 is 0 Å². The number of sulfone groups is 1. The van der Waals surface area contributed by atoms with Gasteiger partial charge < -0.3 is 10.2 Å². The highest BCUT2D eigenvalue weighted by Crippen LogP contribution is 2.37. The average molecular weight is 256 g/mol. The van der Waals surface area contributed by atoms with E-state index in [1.165, 1.54) is 18.2 Å². The van der Waals surface area contributed by atoms with Crippen molar-refractivity contribution < 1.29 is 23.4 Å². The molecular weight excluding hydrogens is 244 g/mol. The molecule has 0 radical (unpaired) electrons. The zero-order valence-corrected chi connectivity index (χ0v) is 9.77. The molecule has 0 aromatic heterocycles. The van der Waals surface area contributed by atoms with E-state index in [1.807, 2.05) is 0 Å². The number of carboxylic acid groups (broad SMARTS) is 1. The molecule has 0 fully saturated rings. The number of hydrogen-bond acceptors (Lipinski definition) is 4. The van der Waals surface area contributed by atoms with Crippen LogP contribution in [0, 0.1) is 0 Å². The lowest BCUT2D eigenvalue weighted by molar-refractivity contribution is -0.137. The minimum Gasteiger partial charge on any atom is -0.508 e. The van der Waals surface area contributed by atoms with Gasteiger partial charge in [0.2, 0.25) is 0 Å². The molecule has 0 spiro atoms. The number of fused-ring (bicyclic) bond motifs is 1. The molecule has 1 unspecified atom stereocenters. The van der Waals surface area contributed by atoms with Gasteiger partial charge in [-0.25, -0.2) is 8.42 Å². The maximum absolute atomic E-state index is 12.0. The highest BCUT2D eigenvalue weighted by atomic mass is 32.2. The van der Waals surface area contributed by atoms with Crippen LogP contribution in [0.25, 0.3) is 0 Å². The average Bonchev–Trinajstić information content (AvgIpc) is 2.50. The molecule has 2 N–H and O–H groups in total.